The zero-order valence-corrected chi connectivity index (χ0v) is 10.8. The van der Waals surface area contributed by atoms with Crippen LogP contribution in [0.2, 0.25) is 0 Å². The molecule has 0 spiro atoms. The van der Waals surface area contributed by atoms with Crippen molar-refractivity contribution in [2.24, 2.45) is 0 Å². The van der Waals surface area contributed by atoms with Crippen LogP contribution in [0.25, 0.3) is 0 Å². The Kier molecular flexibility index (Phi) is 4.36. The molecule has 0 unspecified atom stereocenters. The second-order valence-corrected chi connectivity index (χ2v) is 4.26. The Bertz CT molecular complexity index is 552. The molecule has 4 nitrogen and oxygen atoms in total. The predicted octanol–water partition coefficient (Wildman–Crippen LogP) is 3.91. The summed E-state index contributed by atoms with van der Waals surface area (Å²) in [6.45, 7) is 0.373. The number of alkyl halides is 1. The van der Waals surface area contributed by atoms with Crippen molar-refractivity contribution in [2.45, 2.75) is 12.5 Å². The van der Waals surface area contributed by atoms with Crippen LogP contribution in [-0.2, 0) is 12.5 Å². The molecule has 2 aromatic rings. The van der Waals surface area contributed by atoms with Crippen LogP contribution in [0, 0.1) is 10.1 Å². The summed E-state index contributed by atoms with van der Waals surface area (Å²) in [5.74, 6) is 1.22. The number of nitro benzene ring substituents is 1. The summed E-state index contributed by atoms with van der Waals surface area (Å²) in [5.41, 5.74) is 1.99. The monoisotopic (exact) mass is 277 g/mol. The topological polar surface area (TPSA) is 52.4 Å². The highest BCUT2D eigenvalue weighted by Gasteiger charge is 2.04. The molecule has 2 aromatic carbocycles. The third-order valence-corrected chi connectivity index (χ3v) is 2.94. The maximum absolute atomic E-state index is 10.5. The average molecular weight is 278 g/mol. The van der Waals surface area contributed by atoms with E-state index in [2.05, 4.69) is 0 Å². The van der Waals surface area contributed by atoms with Crippen LogP contribution in [0.3, 0.4) is 0 Å². The standard InChI is InChI=1S/C14H12ClNO3/c15-9-11-3-7-14(8-4-11)19-10-12-1-5-13(6-2-12)16(17)18/h1-8H,9-10H2. The number of nitro groups is 1. The summed E-state index contributed by atoms with van der Waals surface area (Å²) < 4.78 is 5.58. The Morgan fingerprint density at radius 2 is 1.58 bits per heavy atom. The molecule has 0 aliphatic heterocycles. The van der Waals surface area contributed by atoms with Gasteiger partial charge in [0, 0.05) is 18.0 Å². The summed E-state index contributed by atoms with van der Waals surface area (Å²) in [7, 11) is 0. The van der Waals surface area contributed by atoms with Gasteiger partial charge in [-0.15, -0.1) is 11.6 Å². The Labute approximate surface area is 115 Å². The molecule has 0 saturated heterocycles. The van der Waals surface area contributed by atoms with E-state index < -0.39 is 4.92 Å². The molecule has 0 aliphatic rings. The van der Waals surface area contributed by atoms with E-state index in [1.54, 1.807) is 12.1 Å². The molecule has 0 heterocycles. The summed E-state index contributed by atoms with van der Waals surface area (Å²) in [6, 6.07) is 13.8. The van der Waals surface area contributed by atoms with Gasteiger partial charge in [0.25, 0.3) is 5.69 Å². The van der Waals surface area contributed by atoms with Gasteiger partial charge in [0.05, 0.1) is 4.92 Å². The maximum Gasteiger partial charge on any atom is 0.269 e. The average Bonchev–Trinajstić information content (AvgIpc) is 2.46. The molecule has 0 amide bonds. The quantitative estimate of drug-likeness (QED) is 0.473. The van der Waals surface area contributed by atoms with Gasteiger partial charge in [0.1, 0.15) is 12.4 Å². The van der Waals surface area contributed by atoms with Crippen molar-refractivity contribution in [1.82, 2.24) is 0 Å². The lowest BCUT2D eigenvalue weighted by atomic mass is 10.2. The zero-order chi connectivity index (χ0) is 13.7. The van der Waals surface area contributed by atoms with E-state index in [-0.39, 0.29) is 5.69 Å². The SMILES string of the molecule is O=[N+]([O-])c1ccc(COc2ccc(CCl)cc2)cc1. The number of nitrogens with zero attached hydrogens (tertiary/aromatic N) is 1. The Hall–Kier alpha value is -2.07. The van der Waals surface area contributed by atoms with E-state index in [9.17, 15) is 10.1 Å². The van der Waals surface area contributed by atoms with Crippen molar-refractivity contribution in [3.63, 3.8) is 0 Å². The molecule has 5 heteroatoms. The predicted molar refractivity (Wildman–Crippen MR) is 73.4 cm³/mol. The minimum Gasteiger partial charge on any atom is -0.489 e. The number of non-ortho nitro benzene ring substituents is 1. The lowest BCUT2D eigenvalue weighted by molar-refractivity contribution is -0.384. The molecule has 0 N–H and O–H groups in total. The molecular formula is C14H12ClNO3. The Morgan fingerprint density at radius 1 is 1.00 bits per heavy atom. The van der Waals surface area contributed by atoms with Gasteiger partial charge in [-0.2, -0.15) is 0 Å². The molecule has 0 bridgehead atoms. The first-order valence-corrected chi connectivity index (χ1v) is 6.23. The first-order valence-electron chi connectivity index (χ1n) is 5.70. The highest BCUT2D eigenvalue weighted by Crippen LogP contribution is 2.17. The third kappa shape index (κ3) is 3.69. The molecule has 0 radical (unpaired) electrons. The minimum atomic E-state index is -0.421. The summed E-state index contributed by atoms with van der Waals surface area (Å²) in [4.78, 5) is 10.1. The van der Waals surface area contributed by atoms with E-state index in [1.165, 1.54) is 12.1 Å². The van der Waals surface area contributed by atoms with Crippen molar-refractivity contribution in [3.8, 4) is 5.75 Å². The van der Waals surface area contributed by atoms with Gasteiger partial charge in [-0.25, -0.2) is 0 Å². The number of hydrogen-bond donors (Lipinski definition) is 0. The first kappa shape index (κ1) is 13.4. The second kappa shape index (κ2) is 6.20. The number of benzene rings is 2. The fourth-order valence-electron chi connectivity index (χ4n) is 1.56. The first-order chi connectivity index (χ1) is 9.19. The smallest absolute Gasteiger partial charge is 0.269 e. The van der Waals surface area contributed by atoms with Crippen LogP contribution < -0.4 is 4.74 Å². The maximum atomic E-state index is 10.5. The third-order valence-electron chi connectivity index (χ3n) is 2.63. The van der Waals surface area contributed by atoms with Gasteiger partial charge in [-0.05, 0) is 35.4 Å². The molecule has 19 heavy (non-hydrogen) atoms. The van der Waals surface area contributed by atoms with E-state index in [4.69, 9.17) is 16.3 Å². The molecule has 2 rings (SSSR count). The molecule has 98 valence electrons. The molecule has 0 aromatic heterocycles. The van der Waals surface area contributed by atoms with Crippen LogP contribution in [0.4, 0.5) is 5.69 Å². The highest BCUT2D eigenvalue weighted by atomic mass is 35.5. The minimum absolute atomic E-state index is 0.0789. The molecule has 0 saturated carbocycles. The van der Waals surface area contributed by atoms with Gasteiger partial charge < -0.3 is 4.74 Å². The summed E-state index contributed by atoms with van der Waals surface area (Å²) in [6.07, 6.45) is 0. The fraction of sp³-hybridized carbons (Fsp3) is 0.143. The molecule has 0 fully saturated rings. The summed E-state index contributed by atoms with van der Waals surface area (Å²) in [5, 5.41) is 10.5. The Balaban J connectivity index is 1.95. The van der Waals surface area contributed by atoms with Crippen molar-refractivity contribution < 1.29 is 9.66 Å². The van der Waals surface area contributed by atoms with Crippen LogP contribution in [0.1, 0.15) is 11.1 Å². The van der Waals surface area contributed by atoms with Gasteiger partial charge in [-0.3, -0.25) is 10.1 Å². The van der Waals surface area contributed by atoms with Crippen LogP contribution in [0.15, 0.2) is 48.5 Å². The van der Waals surface area contributed by atoms with Gasteiger partial charge in [0.2, 0.25) is 0 Å². The van der Waals surface area contributed by atoms with E-state index >= 15 is 0 Å². The number of hydrogen-bond acceptors (Lipinski definition) is 3. The van der Waals surface area contributed by atoms with Crippen molar-refractivity contribution >= 4 is 17.3 Å². The number of rotatable bonds is 5. The second-order valence-electron chi connectivity index (χ2n) is 3.99. The molecule has 0 atom stereocenters. The largest absolute Gasteiger partial charge is 0.489 e. The van der Waals surface area contributed by atoms with E-state index in [1.807, 2.05) is 24.3 Å². The number of ether oxygens (including phenoxy) is 1. The molecular weight excluding hydrogens is 266 g/mol. The van der Waals surface area contributed by atoms with E-state index in [0.717, 1.165) is 16.9 Å². The van der Waals surface area contributed by atoms with Crippen LogP contribution in [0.5, 0.6) is 5.75 Å². The normalized spacial score (nSPS) is 10.2. The molecule has 0 aliphatic carbocycles. The van der Waals surface area contributed by atoms with Gasteiger partial charge >= 0.3 is 0 Å². The van der Waals surface area contributed by atoms with Gasteiger partial charge in [0.15, 0.2) is 0 Å². The van der Waals surface area contributed by atoms with Crippen LogP contribution >= 0.6 is 11.6 Å². The lowest BCUT2D eigenvalue weighted by Gasteiger charge is -2.06. The van der Waals surface area contributed by atoms with Crippen molar-refractivity contribution in [1.29, 1.82) is 0 Å². The van der Waals surface area contributed by atoms with E-state index in [0.29, 0.717) is 12.5 Å². The van der Waals surface area contributed by atoms with Gasteiger partial charge in [-0.1, -0.05) is 12.1 Å². The van der Waals surface area contributed by atoms with Crippen molar-refractivity contribution in [2.75, 3.05) is 0 Å². The Morgan fingerprint density at radius 3 is 2.11 bits per heavy atom. The highest BCUT2D eigenvalue weighted by molar-refractivity contribution is 6.17. The zero-order valence-electron chi connectivity index (χ0n) is 10.1. The fourth-order valence-corrected chi connectivity index (χ4v) is 1.73. The van der Waals surface area contributed by atoms with Crippen LogP contribution in [-0.4, -0.2) is 4.92 Å². The summed E-state index contributed by atoms with van der Waals surface area (Å²) >= 11 is 5.70. The van der Waals surface area contributed by atoms with Crippen molar-refractivity contribution in [3.05, 3.63) is 69.8 Å². The lowest BCUT2D eigenvalue weighted by Crippen LogP contribution is -1.96. The number of halogens is 1.